The predicted octanol–water partition coefficient (Wildman–Crippen LogP) is 2.84. The molecule has 1 heterocycles. The van der Waals surface area contributed by atoms with Gasteiger partial charge >= 0.3 is 5.63 Å². The van der Waals surface area contributed by atoms with Gasteiger partial charge in [-0.25, -0.2) is 4.79 Å². The van der Waals surface area contributed by atoms with Crippen molar-refractivity contribution in [1.29, 1.82) is 0 Å². The Balaban J connectivity index is 2.64. The van der Waals surface area contributed by atoms with Gasteiger partial charge in [0.15, 0.2) is 0 Å². The Kier molecular flexibility index (Phi) is 1.95. The first-order valence-electron chi connectivity index (χ1n) is 5.38. The summed E-state index contributed by atoms with van der Waals surface area (Å²) in [4.78, 5) is 11.8. The van der Waals surface area contributed by atoms with Crippen molar-refractivity contribution < 1.29 is 4.42 Å². The van der Waals surface area contributed by atoms with Gasteiger partial charge in [-0.15, -0.1) is 0 Å². The van der Waals surface area contributed by atoms with Gasteiger partial charge in [0.05, 0.1) is 5.39 Å². The molecule has 3 rings (SSSR count). The van der Waals surface area contributed by atoms with Crippen molar-refractivity contribution in [3.8, 4) is 0 Å². The van der Waals surface area contributed by atoms with E-state index in [0.717, 1.165) is 16.3 Å². The Morgan fingerprint density at radius 3 is 2.53 bits per heavy atom. The molecule has 0 aliphatic carbocycles. The summed E-state index contributed by atoms with van der Waals surface area (Å²) in [5, 5.41) is 2.43. The number of fused-ring (bicyclic) bond motifs is 3. The molecule has 17 heavy (non-hydrogen) atoms. The minimum absolute atomic E-state index is 0.323. The fourth-order valence-electron chi connectivity index (χ4n) is 2.05. The van der Waals surface area contributed by atoms with Gasteiger partial charge in [0.1, 0.15) is 5.58 Å². The Hall–Kier alpha value is -2.29. The zero-order valence-corrected chi connectivity index (χ0v) is 9.36. The van der Waals surface area contributed by atoms with E-state index >= 15 is 0 Å². The number of nitrogen functional groups attached to an aromatic ring is 1. The Morgan fingerprint density at radius 2 is 1.76 bits per heavy atom. The fraction of sp³-hybridized carbons (Fsp3) is 0.0714. The Morgan fingerprint density at radius 1 is 1.06 bits per heavy atom. The Bertz CT molecular complexity index is 787. The molecule has 0 saturated carbocycles. The lowest BCUT2D eigenvalue weighted by Gasteiger charge is -2.05. The second-order valence-corrected chi connectivity index (χ2v) is 4.14. The first-order valence-corrected chi connectivity index (χ1v) is 5.38. The molecule has 0 fully saturated rings. The van der Waals surface area contributed by atoms with Crippen molar-refractivity contribution in [1.82, 2.24) is 0 Å². The molecule has 3 aromatic rings. The molecule has 0 atom stereocenters. The largest absolute Gasteiger partial charge is 0.422 e. The molecule has 0 amide bonds. The van der Waals surface area contributed by atoms with Crippen LogP contribution >= 0.6 is 0 Å². The molecule has 2 N–H and O–H groups in total. The summed E-state index contributed by atoms with van der Waals surface area (Å²) in [5.41, 5.74) is 7.65. The first kappa shape index (κ1) is 9.90. The van der Waals surface area contributed by atoms with Crippen molar-refractivity contribution in [2.75, 3.05) is 5.73 Å². The highest BCUT2D eigenvalue weighted by Gasteiger charge is 2.08. The van der Waals surface area contributed by atoms with Gasteiger partial charge in [-0.05, 0) is 30.0 Å². The van der Waals surface area contributed by atoms with Gasteiger partial charge in [0, 0.05) is 17.1 Å². The minimum Gasteiger partial charge on any atom is -0.422 e. The number of aryl methyl sites for hydroxylation is 1. The average molecular weight is 225 g/mol. The summed E-state index contributed by atoms with van der Waals surface area (Å²) in [6.45, 7) is 1.94. The lowest BCUT2D eigenvalue weighted by molar-refractivity contribution is 0.570. The highest BCUT2D eigenvalue weighted by molar-refractivity contribution is 6.05. The van der Waals surface area contributed by atoms with Crippen LogP contribution in [0.25, 0.3) is 21.7 Å². The topological polar surface area (TPSA) is 56.2 Å². The number of benzene rings is 2. The third-order valence-corrected chi connectivity index (χ3v) is 3.01. The smallest absolute Gasteiger partial charge is 0.344 e. The van der Waals surface area contributed by atoms with Gasteiger partial charge in [-0.3, -0.25) is 0 Å². The maximum Gasteiger partial charge on any atom is 0.344 e. The van der Waals surface area contributed by atoms with E-state index in [1.165, 1.54) is 0 Å². The van der Waals surface area contributed by atoms with E-state index in [9.17, 15) is 4.79 Å². The molecule has 84 valence electrons. The van der Waals surface area contributed by atoms with E-state index in [-0.39, 0.29) is 5.63 Å². The number of nitrogens with two attached hydrogens (primary N) is 1. The van der Waals surface area contributed by atoms with E-state index in [1.807, 2.05) is 31.2 Å². The van der Waals surface area contributed by atoms with Crippen molar-refractivity contribution in [3.05, 3.63) is 52.4 Å². The van der Waals surface area contributed by atoms with Crippen LogP contribution < -0.4 is 11.4 Å². The van der Waals surface area contributed by atoms with Gasteiger partial charge < -0.3 is 10.2 Å². The van der Waals surface area contributed by atoms with Gasteiger partial charge in [0.2, 0.25) is 0 Å². The van der Waals surface area contributed by atoms with Crippen LogP contribution in [0.2, 0.25) is 0 Å². The molecule has 0 spiro atoms. The molecule has 0 unspecified atom stereocenters. The van der Waals surface area contributed by atoms with Crippen LogP contribution in [-0.4, -0.2) is 0 Å². The summed E-state index contributed by atoms with van der Waals surface area (Å²) in [5.74, 6) is 0. The maximum atomic E-state index is 11.8. The molecule has 1 aromatic heterocycles. The zero-order valence-electron chi connectivity index (χ0n) is 9.36. The van der Waals surface area contributed by atoms with Crippen LogP contribution in [0.15, 0.2) is 45.6 Å². The van der Waals surface area contributed by atoms with Crippen LogP contribution in [0, 0.1) is 6.92 Å². The maximum absolute atomic E-state index is 11.8. The van der Waals surface area contributed by atoms with Gasteiger partial charge in [0.25, 0.3) is 0 Å². The normalized spacial score (nSPS) is 11.1. The SMILES string of the molecule is Cc1cc2c(cc1N)oc(=O)c1ccccc12. The molecule has 0 radical (unpaired) electrons. The van der Waals surface area contributed by atoms with Crippen LogP contribution in [0.3, 0.4) is 0 Å². The second kappa shape index (κ2) is 3.35. The van der Waals surface area contributed by atoms with Crippen LogP contribution in [0.4, 0.5) is 5.69 Å². The van der Waals surface area contributed by atoms with Gasteiger partial charge in [-0.2, -0.15) is 0 Å². The number of anilines is 1. The van der Waals surface area contributed by atoms with E-state index < -0.39 is 0 Å². The minimum atomic E-state index is -0.323. The molecule has 0 saturated heterocycles. The summed E-state index contributed by atoms with van der Waals surface area (Å²) >= 11 is 0. The van der Waals surface area contributed by atoms with Crippen LogP contribution in [0.1, 0.15) is 5.56 Å². The molecule has 0 bridgehead atoms. The lowest BCUT2D eigenvalue weighted by Crippen LogP contribution is -2.00. The third kappa shape index (κ3) is 1.40. The summed E-state index contributed by atoms with van der Waals surface area (Å²) < 4.78 is 5.28. The molecule has 0 aliphatic rings. The summed E-state index contributed by atoms with van der Waals surface area (Å²) in [6.07, 6.45) is 0. The van der Waals surface area contributed by atoms with E-state index in [2.05, 4.69) is 0 Å². The lowest BCUT2D eigenvalue weighted by atomic mass is 10.0. The van der Waals surface area contributed by atoms with E-state index in [0.29, 0.717) is 16.7 Å². The number of rotatable bonds is 0. The fourth-order valence-corrected chi connectivity index (χ4v) is 2.05. The monoisotopic (exact) mass is 225 g/mol. The molecule has 3 heteroatoms. The van der Waals surface area contributed by atoms with Gasteiger partial charge in [-0.1, -0.05) is 18.2 Å². The molecule has 2 aromatic carbocycles. The van der Waals surface area contributed by atoms with E-state index in [1.54, 1.807) is 12.1 Å². The summed E-state index contributed by atoms with van der Waals surface area (Å²) in [7, 11) is 0. The summed E-state index contributed by atoms with van der Waals surface area (Å²) in [6, 6.07) is 11.1. The molecule has 0 aliphatic heterocycles. The Labute approximate surface area is 97.5 Å². The molecular weight excluding hydrogens is 214 g/mol. The quantitative estimate of drug-likeness (QED) is 0.363. The molecule has 3 nitrogen and oxygen atoms in total. The highest BCUT2D eigenvalue weighted by Crippen LogP contribution is 2.26. The van der Waals surface area contributed by atoms with Crippen molar-refractivity contribution in [3.63, 3.8) is 0 Å². The molecular formula is C14H11NO2. The van der Waals surface area contributed by atoms with Crippen molar-refractivity contribution in [2.24, 2.45) is 0 Å². The van der Waals surface area contributed by atoms with Crippen LogP contribution in [0.5, 0.6) is 0 Å². The number of hydrogen-bond donors (Lipinski definition) is 1. The number of hydrogen-bond acceptors (Lipinski definition) is 3. The second-order valence-electron chi connectivity index (χ2n) is 4.14. The van der Waals surface area contributed by atoms with Crippen molar-refractivity contribution in [2.45, 2.75) is 6.92 Å². The van der Waals surface area contributed by atoms with Crippen molar-refractivity contribution >= 4 is 27.4 Å². The average Bonchev–Trinajstić information content (AvgIpc) is 2.32. The first-order chi connectivity index (χ1) is 8.16. The van der Waals surface area contributed by atoms with E-state index in [4.69, 9.17) is 10.2 Å². The standard InChI is InChI=1S/C14H11NO2/c1-8-6-11-9-4-2-3-5-10(9)14(16)17-13(11)7-12(8)15/h2-7H,15H2,1H3. The third-order valence-electron chi connectivity index (χ3n) is 3.01. The van der Waals surface area contributed by atoms with Crippen LogP contribution in [-0.2, 0) is 0 Å². The zero-order chi connectivity index (χ0) is 12.0. The predicted molar refractivity (Wildman–Crippen MR) is 69.1 cm³/mol. The highest BCUT2D eigenvalue weighted by atomic mass is 16.4.